The van der Waals surface area contributed by atoms with Crippen molar-refractivity contribution in [2.45, 2.75) is 72.0 Å². The van der Waals surface area contributed by atoms with Crippen molar-refractivity contribution in [1.29, 1.82) is 0 Å². The van der Waals surface area contributed by atoms with E-state index in [4.69, 9.17) is 4.98 Å². The molecule has 0 fully saturated rings. The van der Waals surface area contributed by atoms with E-state index in [-0.39, 0.29) is 5.54 Å². The van der Waals surface area contributed by atoms with Crippen LogP contribution in [0.25, 0.3) is 11.0 Å². The largest absolute Gasteiger partial charge is 0.327 e. The van der Waals surface area contributed by atoms with Crippen LogP contribution in [0, 0.1) is 0 Å². The van der Waals surface area contributed by atoms with Crippen molar-refractivity contribution in [3.05, 3.63) is 30.1 Å². The summed E-state index contributed by atoms with van der Waals surface area (Å²) in [5.74, 6) is 1.16. The molecule has 0 spiro atoms. The molecule has 0 bridgehead atoms. The molecule has 21 heavy (non-hydrogen) atoms. The molecule has 0 atom stereocenters. The SMILES string of the molecule is CCCn1c(CNC(CC)(CC)CC)nc2ccccc21. The summed E-state index contributed by atoms with van der Waals surface area (Å²) in [6.07, 6.45) is 4.61. The van der Waals surface area contributed by atoms with E-state index in [1.54, 1.807) is 0 Å². The molecule has 2 rings (SSSR count). The lowest BCUT2D eigenvalue weighted by Crippen LogP contribution is -2.43. The molecule has 1 N–H and O–H groups in total. The third-order valence-electron chi connectivity index (χ3n) is 4.83. The maximum atomic E-state index is 4.84. The quantitative estimate of drug-likeness (QED) is 0.774. The maximum Gasteiger partial charge on any atom is 0.123 e. The van der Waals surface area contributed by atoms with Crippen molar-refractivity contribution >= 4 is 11.0 Å². The molecular weight excluding hydrogens is 258 g/mol. The van der Waals surface area contributed by atoms with Gasteiger partial charge in [-0.05, 0) is 37.8 Å². The van der Waals surface area contributed by atoms with Gasteiger partial charge in [0.05, 0.1) is 17.6 Å². The van der Waals surface area contributed by atoms with E-state index in [1.165, 1.54) is 5.52 Å². The summed E-state index contributed by atoms with van der Waals surface area (Å²) in [6, 6.07) is 8.45. The highest BCUT2D eigenvalue weighted by atomic mass is 15.1. The van der Waals surface area contributed by atoms with Gasteiger partial charge in [-0.25, -0.2) is 4.98 Å². The van der Waals surface area contributed by atoms with Crippen molar-refractivity contribution in [2.24, 2.45) is 0 Å². The molecule has 0 saturated heterocycles. The second-order valence-electron chi connectivity index (χ2n) is 5.86. The van der Waals surface area contributed by atoms with Gasteiger partial charge in [0, 0.05) is 12.1 Å². The lowest BCUT2D eigenvalue weighted by molar-refractivity contribution is 0.283. The van der Waals surface area contributed by atoms with Crippen LogP contribution in [-0.4, -0.2) is 15.1 Å². The van der Waals surface area contributed by atoms with Gasteiger partial charge >= 0.3 is 0 Å². The fourth-order valence-corrected chi connectivity index (χ4v) is 3.13. The summed E-state index contributed by atoms with van der Waals surface area (Å²) < 4.78 is 2.37. The smallest absolute Gasteiger partial charge is 0.123 e. The van der Waals surface area contributed by atoms with E-state index >= 15 is 0 Å². The second-order valence-corrected chi connectivity index (χ2v) is 5.86. The lowest BCUT2D eigenvalue weighted by Gasteiger charge is -2.32. The third-order valence-corrected chi connectivity index (χ3v) is 4.83. The fraction of sp³-hybridized carbons (Fsp3) is 0.611. The van der Waals surface area contributed by atoms with Crippen LogP contribution in [0.1, 0.15) is 59.2 Å². The number of nitrogens with zero attached hydrogens (tertiary/aromatic N) is 2. The average Bonchev–Trinajstić information content (AvgIpc) is 2.88. The van der Waals surface area contributed by atoms with Crippen molar-refractivity contribution in [3.8, 4) is 0 Å². The number of benzene rings is 1. The minimum Gasteiger partial charge on any atom is -0.327 e. The Kier molecular flexibility index (Phi) is 5.40. The van der Waals surface area contributed by atoms with Crippen LogP contribution < -0.4 is 5.32 Å². The summed E-state index contributed by atoms with van der Waals surface area (Å²) in [5, 5.41) is 3.78. The number of aryl methyl sites for hydroxylation is 1. The molecule has 0 amide bonds. The second kappa shape index (κ2) is 7.08. The zero-order chi connectivity index (χ0) is 15.3. The molecular formula is C18H29N3. The predicted molar refractivity (Wildman–Crippen MR) is 90.5 cm³/mol. The molecule has 116 valence electrons. The van der Waals surface area contributed by atoms with E-state index < -0.39 is 0 Å². The summed E-state index contributed by atoms with van der Waals surface area (Å²) in [6.45, 7) is 10.9. The summed E-state index contributed by atoms with van der Waals surface area (Å²) in [5.41, 5.74) is 2.61. The Bertz CT molecular complexity index is 559. The van der Waals surface area contributed by atoms with Gasteiger partial charge in [0.15, 0.2) is 0 Å². The number of para-hydroxylation sites is 2. The first kappa shape index (κ1) is 16.0. The van der Waals surface area contributed by atoms with Crippen LogP contribution in [-0.2, 0) is 13.1 Å². The molecule has 0 aliphatic rings. The standard InChI is InChI=1S/C18H29N3/c1-5-13-21-16-12-10-9-11-15(16)20-17(21)14-19-18(6-2,7-3)8-4/h9-12,19H,5-8,13-14H2,1-4H3. The Balaban J connectivity index is 2.27. The molecule has 0 saturated carbocycles. The molecule has 1 aromatic carbocycles. The van der Waals surface area contributed by atoms with Gasteiger partial charge in [0.1, 0.15) is 5.82 Å². The highest BCUT2D eigenvalue weighted by molar-refractivity contribution is 5.75. The van der Waals surface area contributed by atoms with Crippen LogP contribution in [0.5, 0.6) is 0 Å². The lowest BCUT2D eigenvalue weighted by atomic mass is 9.90. The molecule has 2 aromatic rings. The zero-order valence-corrected chi connectivity index (χ0v) is 13.9. The number of aromatic nitrogens is 2. The first-order chi connectivity index (χ1) is 10.2. The molecule has 0 unspecified atom stereocenters. The summed E-state index contributed by atoms with van der Waals surface area (Å²) >= 11 is 0. The number of rotatable bonds is 8. The Hall–Kier alpha value is -1.35. The Morgan fingerprint density at radius 1 is 1.05 bits per heavy atom. The molecule has 0 radical (unpaired) electrons. The fourth-order valence-electron chi connectivity index (χ4n) is 3.13. The zero-order valence-electron chi connectivity index (χ0n) is 13.9. The van der Waals surface area contributed by atoms with Gasteiger partial charge in [-0.3, -0.25) is 0 Å². The molecule has 1 aromatic heterocycles. The first-order valence-corrected chi connectivity index (χ1v) is 8.38. The summed E-state index contributed by atoms with van der Waals surface area (Å²) in [4.78, 5) is 4.84. The number of imidazole rings is 1. The van der Waals surface area contributed by atoms with Crippen molar-refractivity contribution in [2.75, 3.05) is 0 Å². The van der Waals surface area contributed by atoms with Gasteiger partial charge in [-0.15, -0.1) is 0 Å². The highest BCUT2D eigenvalue weighted by Gasteiger charge is 2.23. The average molecular weight is 287 g/mol. The van der Waals surface area contributed by atoms with Gasteiger partial charge in [-0.1, -0.05) is 39.8 Å². The number of nitrogens with one attached hydrogen (secondary N) is 1. The summed E-state index contributed by atoms with van der Waals surface area (Å²) in [7, 11) is 0. The monoisotopic (exact) mass is 287 g/mol. The van der Waals surface area contributed by atoms with Crippen molar-refractivity contribution < 1.29 is 0 Å². The van der Waals surface area contributed by atoms with E-state index in [9.17, 15) is 0 Å². The Morgan fingerprint density at radius 3 is 2.33 bits per heavy atom. The Morgan fingerprint density at radius 2 is 1.71 bits per heavy atom. The van der Waals surface area contributed by atoms with Crippen LogP contribution >= 0.6 is 0 Å². The van der Waals surface area contributed by atoms with E-state index in [0.717, 1.165) is 50.1 Å². The number of fused-ring (bicyclic) bond motifs is 1. The molecule has 3 nitrogen and oxygen atoms in total. The van der Waals surface area contributed by atoms with E-state index in [2.05, 4.69) is 61.8 Å². The van der Waals surface area contributed by atoms with Crippen molar-refractivity contribution in [1.82, 2.24) is 14.9 Å². The molecule has 0 aliphatic heterocycles. The van der Waals surface area contributed by atoms with Crippen LogP contribution in [0.4, 0.5) is 0 Å². The van der Waals surface area contributed by atoms with Crippen molar-refractivity contribution in [3.63, 3.8) is 0 Å². The number of hydrogen-bond acceptors (Lipinski definition) is 2. The van der Waals surface area contributed by atoms with Crippen LogP contribution in [0.2, 0.25) is 0 Å². The highest BCUT2D eigenvalue weighted by Crippen LogP contribution is 2.21. The molecule has 1 heterocycles. The number of hydrogen-bond donors (Lipinski definition) is 1. The van der Waals surface area contributed by atoms with Gasteiger partial charge < -0.3 is 9.88 Å². The van der Waals surface area contributed by atoms with Crippen LogP contribution in [0.3, 0.4) is 0 Å². The first-order valence-electron chi connectivity index (χ1n) is 8.38. The normalized spacial score (nSPS) is 12.2. The minimum absolute atomic E-state index is 0.245. The van der Waals surface area contributed by atoms with Gasteiger partial charge in [-0.2, -0.15) is 0 Å². The van der Waals surface area contributed by atoms with E-state index in [1.807, 2.05) is 0 Å². The maximum absolute atomic E-state index is 4.84. The van der Waals surface area contributed by atoms with Gasteiger partial charge in [0.2, 0.25) is 0 Å². The third kappa shape index (κ3) is 3.29. The van der Waals surface area contributed by atoms with Gasteiger partial charge in [0.25, 0.3) is 0 Å². The predicted octanol–water partition coefficient (Wildman–Crippen LogP) is 4.50. The van der Waals surface area contributed by atoms with E-state index in [0.29, 0.717) is 0 Å². The molecule has 0 aliphatic carbocycles. The Labute approximate surface area is 128 Å². The minimum atomic E-state index is 0.245. The topological polar surface area (TPSA) is 29.9 Å². The molecule has 3 heteroatoms. The van der Waals surface area contributed by atoms with Crippen LogP contribution in [0.15, 0.2) is 24.3 Å².